The molecule has 7 nitrogen and oxygen atoms in total. The molecule has 2 aromatic carbocycles. The van der Waals surface area contributed by atoms with Gasteiger partial charge in [0, 0.05) is 50.9 Å². The van der Waals surface area contributed by atoms with E-state index in [0.717, 1.165) is 18.7 Å². The minimum Gasteiger partial charge on any atom is -0.339 e. The van der Waals surface area contributed by atoms with E-state index < -0.39 is 0 Å². The van der Waals surface area contributed by atoms with Crippen LogP contribution in [0.2, 0.25) is 0 Å². The Kier molecular flexibility index (Phi) is 6.97. The van der Waals surface area contributed by atoms with Gasteiger partial charge in [-0.2, -0.15) is 0 Å². The highest BCUT2D eigenvalue weighted by molar-refractivity contribution is 5.98. The van der Waals surface area contributed by atoms with Crippen LogP contribution in [0.3, 0.4) is 0 Å². The summed E-state index contributed by atoms with van der Waals surface area (Å²) in [4.78, 5) is 40.7. The van der Waals surface area contributed by atoms with Gasteiger partial charge in [-0.25, -0.2) is 0 Å². The van der Waals surface area contributed by atoms with Gasteiger partial charge >= 0.3 is 0 Å². The van der Waals surface area contributed by atoms with Crippen LogP contribution in [-0.4, -0.2) is 60.2 Å². The Bertz CT molecular complexity index is 863. The van der Waals surface area contributed by atoms with Crippen LogP contribution in [0.1, 0.15) is 22.8 Å². The Morgan fingerprint density at radius 1 is 1.03 bits per heavy atom. The second-order valence-corrected chi connectivity index (χ2v) is 7.04. The lowest BCUT2D eigenvalue weighted by atomic mass is 10.1. The van der Waals surface area contributed by atoms with Gasteiger partial charge in [0.25, 0.3) is 5.91 Å². The maximum absolute atomic E-state index is 13.2. The molecule has 29 heavy (non-hydrogen) atoms. The van der Waals surface area contributed by atoms with Crippen molar-refractivity contribution in [2.45, 2.75) is 13.5 Å². The van der Waals surface area contributed by atoms with Crippen LogP contribution >= 0.6 is 0 Å². The first-order chi connectivity index (χ1) is 14.0. The summed E-state index contributed by atoms with van der Waals surface area (Å²) >= 11 is 0. The number of hydrogen-bond donors (Lipinski definition) is 2. The molecular weight excluding hydrogens is 368 g/mol. The first kappa shape index (κ1) is 20.5. The number of piperazine rings is 1. The van der Waals surface area contributed by atoms with Crippen molar-refractivity contribution in [2.24, 2.45) is 0 Å². The standard InChI is InChI=1S/C22H26N4O3/c1-17(27)24-20-9-5-8-19(14-20)22(29)26(15-18-6-3-2-4-7-18)16-21(28)25-12-10-23-11-13-25/h2-9,14,23H,10-13,15-16H2,1H3,(H,24,27). The molecule has 2 N–H and O–H groups in total. The zero-order valence-corrected chi connectivity index (χ0v) is 16.6. The number of hydrogen-bond acceptors (Lipinski definition) is 4. The summed E-state index contributed by atoms with van der Waals surface area (Å²) in [5, 5.41) is 5.91. The monoisotopic (exact) mass is 394 g/mol. The van der Waals surface area contributed by atoms with Crippen LogP contribution in [0.15, 0.2) is 54.6 Å². The molecule has 3 rings (SSSR count). The molecule has 0 atom stereocenters. The average Bonchev–Trinajstić information content (AvgIpc) is 2.74. The van der Waals surface area contributed by atoms with Crippen molar-refractivity contribution < 1.29 is 14.4 Å². The summed E-state index contributed by atoms with van der Waals surface area (Å²) in [5.41, 5.74) is 1.93. The van der Waals surface area contributed by atoms with Crippen molar-refractivity contribution >= 4 is 23.4 Å². The third-order valence-corrected chi connectivity index (χ3v) is 4.73. The van der Waals surface area contributed by atoms with Gasteiger partial charge in [-0.15, -0.1) is 0 Å². The number of benzene rings is 2. The Hall–Kier alpha value is -3.19. The summed E-state index contributed by atoms with van der Waals surface area (Å²) in [6.45, 7) is 4.57. The maximum atomic E-state index is 13.2. The summed E-state index contributed by atoms with van der Waals surface area (Å²) < 4.78 is 0. The molecule has 1 saturated heterocycles. The second-order valence-electron chi connectivity index (χ2n) is 7.04. The molecule has 1 heterocycles. The lowest BCUT2D eigenvalue weighted by molar-refractivity contribution is -0.132. The van der Waals surface area contributed by atoms with Gasteiger partial charge in [-0.3, -0.25) is 14.4 Å². The lowest BCUT2D eigenvalue weighted by Gasteiger charge is -2.30. The minimum atomic E-state index is -0.246. The fraction of sp³-hybridized carbons (Fsp3) is 0.318. The fourth-order valence-corrected chi connectivity index (χ4v) is 3.30. The van der Waals surface area contributed by atoms with E-state index in [9.17, 15) is 14.4 Å². The highest BCUT2D eigenvalue weighted by atomic mass is 16.2. The summed E-state index contributed by atoms with van der Waals surface area (Å²) in [6.07, 6.45) is 0. The van der Waals surface area contributed by atoms with Crippen LogP contribution in [0.5, 0.6) is 0 Å². The van der Waals surface area contributed by atoms with Gasteiger partial charge in [0.15, 0.2) is 0 Å². The Labute approximate surface area is 170 Å². The van der Waals surface area contributed by atoms with E-state index in [1.807, 2.05) is 30.3 Å². The topological polar surface area (TPSA) is 81.8 Å². The van der Waals surface area contributed by atoms with Crippen LogP contribution in [0.25, 0.3) is 0 Å². The normalized spacial score (nSPS) is 13.6. The van der Waals surface area contributed by atoms with E-state index in [4.69, 9.17) is 0 Å². The van der Waals surface area contributed by atoms with Crippen LogP contribution in [0.4, 0.5) is 5.69 Å². The predicted molar refractivity (Wildman–Crippen MR) is 111 cm³/mol. The van der Waals surface area contributed by atoms with E-state index in [1.54, 1.807) is 34.1 Å². The molecule has 0 aromatic heterocycles. The highest BCUT2D eigenvalue weighted by Gasteiger charge is 2.23. The first-order valence-corrected chi connectivity index (χ1v) is 9.72. The van der Waals surface area contributed by atoms with E-state index in [1.165, 1.54) is 6.92 Å². The van der Waals surface area contributed by atoms with Crippen molar-refractivity contribution in [1.29, 1.82) is 0 Å². The molecule has 0 saturated carbocycles. The van der Waals surface area contributed by atoms with Crippen LogP contribution in [0, 0.1) is 0 Å². The van der Waals surface area contributed by atoms with Crippen LogP contribution in [-0.2, 0) is 16.1 Å². The second kappa shape index (κ2) is 9.84. The Morgan fingerprint density at radius 3 is 2.45 bits per heavy atom. The number of anilines is 1. The lowest BCUT2D eigenvalue weighted by Crippen LogP contribution is -2.50. The molecule has 0 radical (unpaired) electrons. The third-order valence-electron chi connectivity index (χ3n) is 4.73. The van der Waals surface area contributed by atoms with Gasteiger partial charge in [0.2, 0.25) is 11.8 Å². The molecule has 1 fully saturated rings. The summed E-state index contributed by atoms with van der Waals surface area (Å²) in [5.74, 6) is -0.511. The third kappa shape index (κ3) is 5.89. The molecule has 0 bridgehead atoms. The van der Waals surface area contributed by atoms with Crippen molar-refractivity contribution in [3.8, 4) is 0 Å². The van der Waals surface area contributed by atoms with Gasteiger partial charge in [-0.05, 0) is 23.8 Å². The largest absolute Gasteiger partial charge is 0.339 e. The zero-order valence-electron chi connectivity index (χ0n) is 16.6. The fourth-order valence-electron chi connectivity index (χ4n) is 3.30. The number of carbonyl (C=O) groups is 3. The Balaban J connectivity index is 1.80. The molecule has 0 aliphatic carbocycles. The maximum Gasteiger partial charge on any atom is 0.254 e. The number of nitrogens with zero attached hydrogens (tertiary/aromatic N) is 2. The van der Waals surface area contributed by atoms with Gasteiger partial charge < -0.3 is 20.4 Å². The quantitative estimate of drug-likeness (QED) is 0.782. The molecular formula is C22H26N4O3. The number of nitrogens with one attached hydrogen (secondary N) is 2. The molecule has 1 aliphatic rings. The van der Waals surface area contributed by atoms with E-state index in [2.05, 4.69) is 10.6 Å². The SMILES string of the molecule is CC(=O)Nc1cccc(C(=O)N(CC(=O)N2CCNCC2)Cc2ccccc2)c1. The smallest absolute Gasteiger partial charge is 0.254 e. The zero-order chi connectivity index (χ0) is 20.6. The molecule has 3 amide bonds. The predicted octanol–water partition coefficient (Wildman–Crippen LogP) is 1.72. The molecule has 1 aliphatic heterocycles. The number of carbonyl (C=O) groups excluding carboxylic acids is 3. The summed E-state index contributed by atoms with van der Waals surface area (Å²) in [7, 11) is 0. The molecule has 7 heteroatoms. The average molecular weight is 394 g/mol. The van der Waals surface area contributed by atoms with Gasteiger partial charge in [-0.1, -0.05) is 36.4 Å². The number of amides is 3. The Morgan fingerprint density at radius 2 is 1.76 bits per heavy atom. The van der Waals surface area contributed by atoms with Crippen molar-refractivity contribution in [3.63, 3.8) is 0 Å². The highest BCUT2D eigenvalue weighted by Crippen LogP contribution is 2.15. The van der Waals surface area contributed by atoms with Crippen LogP contribution < -0.4 is 10.6 Å². The van der Waals surface area contributed by atoms with E-state index >= 15 is 0 Å². The number of rotatable bonds is 6. The summed E-state index contributed by atoms with van der Waals surface area (Å²) in [6, 6.07) is 16.4. The van der Waals surface area contributed by atoms with Gasteiger partial charge in [0.05, 0.1) is 0 Å². The van der Waals surface area contributed by atoms with E-state index in [-0.39, 0.29) is 24.3 Å². The molecule has 0 unspecified atom stereocenters. The molecule has 152 valence electrons. The van der Waals surface area contributed by atoms with E-state index in [0.29, 0.717) is 30.9 Å². The first-order valence-electron chi connectivity index (χ1n) is 9.72. The molecule has 0 spiro atoms. The van der Waals surface area contributed by atoms with Crippen molar-refractivity contribution in [2.75, 3.05) is 38.0 Å². The molecule has 2 aromatic rings. The minimum absolute atomic E-state index is 0.0120. The van der Waals surface area contributed by atoms with Crippen molar-refractivity contribution in [3.05, 3.63) is 65.7 Å². The van der Waals surface area contributed by atoms with Gasteiger partial charge in [0.1, 0.15) is 6.54 Å². The van der Waals surface area contributed by atoms with Crippen molar-refractivity contribution in [1.82, 2.24) is 15.1 Å².